The van der Waals surface area contributed by atoms with Crippen molar-refractivity contribution in [1.29, 1.82) is 0 Å². The van der Waals surface area contributed by atoms with E-state index in [2.05, 4.69) is 67.8 Å². The van der Waals surface area contributed by atoms with Crippen molar-refractivity contribution in [2.24, 2.45) is 0 Å². The second-order valence-electron chi connectivity index (χ2n) is 7.52. The van der Waals surface area contributed by atoms with Crippen LogP contribution in [0.2, 0.25) is 0 Å². The number of aryl methyl sites for hydroxylation is 3. The fourth-order valence-electron chi connectivity index (χ4n) is 3.80. The summed E-state index contributed by atoms with van der Waals surface area (Å²) in [6, 6.07) is 15.2. The van der Waals surface area contributed by atoms with Crippen LogP contribution in [0.15, 0.2) is 42.5 Å². The van der Waals surface area contributed by atoms with Gasteiger partial charge in [0, 0.05) is 12.1 Å². The fraction of sp³-hybridized carbons (Fsp3) is 0.458. The summed E-state index contributed by atoms with van der Waals surface area (Å²) in [7, 11) is 0. The first kappa shape index (κ1) is 18.7. The lowest BCUT2D eigenvalue weighted by atomic mass is 10.1. The maximum atomic E-state index is 4.98. The van der Waals surface area contributed by atoms with Crippen LogP contribution >= 0.6 is 0 Å². The molecular weight excluding hydrogens is 316 g/mol. The van der Waals surface area contributed by atoms with Gasteiger partial charge in [0.25, 0.3) is 0 Å². The lowest BCUT2D eigenvalue weighted by Gasteiger charge is -2.12. The highest BCUT2D eigenvalue weighted by atomic mass is 15.1. The fourth-order valence-corrected chi connectivity index (χ4v) is 3.80. The Bertz CT molecular complexity index is 845. The standard InChI is InChI=1S/C24H32N2/c1-4-5-6-7-8-9-12-17-26-23-14-11-10-13-22(23)25-24(26)21-16-15-19(2)18-20(21)3/h10-11,13-16,18H,4-9,12,17H2,1-3H3. The first-order valence-corrected chi connectivity index (χ1v) is 10.2. The van der Waals surface area contributed by atoms with Crippen LogP contribution in [0.3, 0.4) is 0 Å². The molecule has 0 saturated carbocycles. The summed E-state index contributed by atoms with van der Waals surface area (Å²) < 4.78 is 2.43. The van der Waals surface area contributed by atoms with Gasteiger partial charge in [-0.1, -0.05) is 81.3 Å². The SMILES string of the molecule is CCCCCCCCCn1c(-c2ccc(C)cc2C)nc2ccccc21. The van der Waals surface area contributed by atoms with Crippen molar-refractivity contribution in [3.8, 4) is 11.4 Å². The number of para-hydroxylation sites is 2. The first-order chi connectivity index (χ1) is 12.7. The number of rotatable bonds is 9. The lowest BCUT2D eigenvalue weighted by Crippen LogP contribution is -2.02. The quantitative estimate of drug-likeness (QED) is 0.378. The zero-order valence-electron chi connectivity index (χ0n) is 16.6. The van der Waals surface area contributed by atoms with Crippen molar-refractivity contribution in [3.05, 3.63) is 53.6 Å². The minimum Gasteiger partial charge on any atom is -0.324 e. The minimum atomic E-state index is 1.05. The van der Waals surface area contributed by atoms with E-state index in [1.54, 1.807) is 0 Å². The van der Waals surface area contributed by atoms with Crippen LogP contribution in [-0.4, -0.2) is 9.55 Å². The second kappa shape index (κ2) is 9.02. The number of hydrogen-bond acceptors (Lipinski definition) is 1. The molecule has 26 heavy (non-hydrogen) atoms. The first-order valence-electron chi connectivity index (χ1n) is 10.2. The summed E-state index contributed by atoms with van der Waals surface area (Å²) in [5.41, 5.74) is 6.23. The molecule has 3 rings (SSSR count). The van der Waals surface area contributed by atoms with Crippen LogP contribution in [0.25, 0.3) is 22.4 Å². The molecule has 0 amide bonds. The number of imidazole rings is 1. The highest BCUT2D eigenvalue weighted by Crippen LogP contribution is 2.28. The molecule has 0 bridgehead atoms. The molecule has 0 N–H and O–H groups in total. The molecule has 3 aromatic rings. The van der Waals surface area contributed by atoms with E-state index in [-0.39, 0.29) is 0 Å². The molecule has 2 nitrogen and oxygen atoms in total. The number of aromatic nitrogens is 2. The number of hydrogen-bond donors (Lipinski definition) is 0. The minimum absolute atomic E-state index is 1.05. The van der Waals surface area contributed by atoms with E-state index in [0.717, 1.165) is 17.9 Å². The molecule has 1 heterocycles. The number of nitrogens with zero attached hydrogens (tertiary/aromatic N) is 2. The van der Waals surface area contributed by atoms with Crippen molar-refractivity contribution < 1.29 is 0 Å². The van der Waals surface area contributed by atoms with Crippen LogP contribution in [0.1, 0.15) is 63.0 Å². The van der Waals surface area contributed by atoms with E-state index in [9.17, 15) is 0 Å². The third kappa shape index (κ3) is 4.35. The van der Waals surface area contributed by atoms with Crippen molar-refractivity contribution in [3.63, 3.8) is 0 Å². The van der Waals surface area contributed by atoms with Gasteiger partial charge in [0.2, 0.25) is 0 Å². The summed E-state index contributed by atoms with van der Waals surface area (Å²) in [6.45, 7) is 7.67. The second-order valence-corrected chi connectivity index (χ2v) is 7.52. The summed E-state index contributed by atoms with van der Waals surface area (Å²) in [5.74, 6) is 1.12. The predicted molar refractivity (Wildman–Crippen MR) is 113 cm³/mol. The van der Waals surface area contributed by atoms with Gasteiger partial charge in [-0.3, -0.25) is 0 Å². The molecule has 0 atom stereocenters. The van der Waals surface area contributed by atoms with E-state index in [0.29, 0.717) is 0 Å². The zero-order valence-corrected chi connectivity index (χ0v) is 16.6. The van der Waals surface area contributed by atoms with Gasteiger partial charge in [-0.2, -0.15) is 0 Å². The Morgan fingerprint density at radius 1 is 0.846 bits per heavy atom. The Kier molecular flexibility index (Phi) is 6.49. The predicted octanol–water partition coefficient (Wildman–Crippen LogP) is 7.07. The topological polar surface area (TPSA) is 17.8 Å². The number of unbranched alkanes of at least 4 members (excludes halogenated alkanes) is 6. The molecule has 0 unspecified atom stereocenters. The molecule has 0 spiro atoms. The van der Waals surface area contributed by atoms with E-state index in [1.165, 1.54) is 67.2 Å². The highest BCUT2D eigenvalue weighted by Gasteiger charge is 2.13. The molecule has 0 fully saturated rings. The lowest BCUT2D eigenvalue weighted by molar-refractivity contribution is 0.557. The van der Waals surface area contributed by atoms with Crippen LogP contribution < -0.4 is 0 Å². The molecule has 0 radical (unpaired) electrons. The zero-order chi connectivity index (χ0) is 18.4. The van der Waals surface area contributed by atoms with Gasteiger partial charge in [0.05, 0.1) is 11.0 Å². The Labute approximate surface area is 158 Å². The monoisotopic (exact) mass is 348 g/mol. The molecule has 138 valence electrons. The van der Waals surface area contributed by atoms with Crippen LogP contribution in [-0.2, 0) is 6.54 Å². The molecule has 0 aliphatic heterocycles. The molecular formula is C24H32N2. The van der Waals surface area contributed by atoms with Crippen LogP contribution in [0, 0.1) is 13.8 Å². The van der Waals surface area contributed by atoms with Crippen molar-refractivity contribution in [1.82, 2.24) is 9.55 Å². The van der Waals surface area contributed by atoms with Crippen molar-refractivity contribution in [2.75, 3.05) is 0 Å². The smallest absolute Gasteiger partial charge is 0.141 e. The molecule has 0 aliphatic carbocycles. The Balaban J connectivity index is 1.79. The third-order valence-electron chi connectivity index (χ3n) is 5.26. The molecule has 0 saturated heterocycles. The van der Waals surface area contributed by atoms with Gasteiger partial charge in [-0.15, -0.1) is 0 Å². The van der Waals surface area contributed by atoms with E-state index < -0.39 is 0 Å². The van der Waals surface area contributed by atoms with Gasteiger partial charge < -0.3 is 4.57 Å². The molecule has 1 aromatic heterocycles. The summed E-state index contributed by atoms with van der Waals surface area (Å²) in [5, 5.41) is 0. The normalized spacial score (nSPS) is 11.3. The van der Waals surface area contributed by atoms with Gasteiger partial charge in [-0.05, 0) is 38.0 Å². The van der Waals surface area contributed by atoms with Crippen molar-refractivity contribution in [2.45, 2.75) is 72.3 Å². The number of benzene rings is 2. The molecule has 2 heteroatoms. The van der Waals surface area contributed by atoms with Gasteiger partial charge in [-0.25, -0.2) is 4.98 Å². The van der Waals surface area contributed by atoms with Gasteiger partial charge >= 0.3 is 0 Å². The van der Waals surface area contributed by atoms with Crippen LogP contribution in [0.4, 0.5) is 0 Å². The number of fused-ring (bicyclic) bond motifs is 1. The third-order valence-corrected chi connectivity index (χ3v) is 5.26. The Hall–Kier alpha value is -2.09. The summed E-state index contributed by atoms with van der Waals surface area (Å²) in [4.78, 5) is 4.98. The highest BCUT2D eigenvalue weighted by molar-refractivity contribution is 5.81. The Morgan fingerprint density at radius 2 is 1.58 bits per heavy atom. The maximum Gasteiger partial charge on any atom is 0.141 e. The summed E-state index contributed by atoms with van der Waals surface area (Å²) >= 11 is 0. The summed E-state index contributed by atoms with van der Waals surface area (Å²) in [6.07, 6.45) is 9.35. The molecule has 2 aromatic carbocycles. The average molecular weight is 349 g/mol. The van der Waals surface area contributed by atoms with E-state index in [4.69, 9.17) is 4.98 Å². The largest absolute Gasteiger partial charge is 0.324 e. The van der Waals surface area contributed by atoms with Crippen molar-refractivity contribution >= 4 is 11.0 Å². The van der Waals surface area contributed by atoms with Gasteiger partial charge in [0.15, 0.2) is 0 Å². The molecule has 0 aliphatic rings. The van der Waals surface area contributed by atoms with Gasteiger partial charge in [0.1, 0.15) is 5.82 Å². The van der Waals surface area contributed by atoms with Crippen LogP contribution in [0.5, 0.6) is 0 Å². The van der Waals surface area contributed by atoms with E-state index >= 15 is 0 Å². The Morgan fingerprint density at radius 3 is 2.35 bits per heavy atom. The van der Waals surface area contributed by atoms with E-state index in [1.807, 2.05) is 0 Å². The maximum absolute atomic E-state index is 4.98. The average Bonchev–Trinajstić information content (AvgIpc) is 2.99.